The molecule has 0 fully saturated rings. The summed E-state index contributed by atoms with van der Waals surface area (Å²) in [6.45, 7) is 3.12. The van der Waals surface area contributed by atoms with Crippen molar-refractivity contribution in [3.63, 3.8) is 0 Å². The zero-order chi connectivity index (χ0) is 22.1. The molecule has 0 atom stereocenters. The number of carbonyl (C=O) groups is 1. The van der Waals surface area contributed by atoms with Gasteiger partial charge >= 0.3 is 0 Å². The molecule has 2 aromatic rings. The molecule has 5 nitrogen and oxygen atoms in total. The Morgan fingerprint density at radius 2 is 1.43 bits per heavy atom. The van der Waals surface area contributed by atoms with Gasteiger partial charge in [0.15, 0.2) is 11.6 Å². The number of ketones is 1. The van der Waals surface area contributed by atoms with E-state index in [4.69, 9.17) is 23.2 Å². The van der Waals surface area contributed by atoms with Crippen LogP contribution in [0, 0.1) is 0 Å². The average Bonchev–Trinajstić information content (AvgIpc) is 2.74. The van der Waals surface area contributed by atoms with Crippen LogP contribution < -0.4 is 0 Å². The summed E-state index contributed by atoms with van der Waals surface area (Å²) in [6, 6.07) is 14.7. The maximum absolute atomic E-state index is 12.9. The van der Waals surface area contributed by atoms with E-state index >= 15 is 0 Å². The third-order valence-electron chi connectivity index (χ3n) is 4.32. The smallest absolute Gasteiger partial charge is 0.284 e. The summed E-state index contributed by atoms with van der Waals surface area (Å²) in [5.74, 6) is -0.385. The number of nitrogens with zero attached hydrogens (tertiary/aromatic N) is 2. The second kappa shape index (κ2) is 8.98. The van der Waals surface area contributed by atoms with E-state index < -0.39 is 10.0 Å². The van der Waals surface area contributed by atoms with Crippen molar-refractivity contribution >= 4 is 66.5 Å². The lowest BCUT2D eigenvalue weighted by molar-refractivity contribution is -0.112. The number of hydrogen-bond donors (Lipinski definition) is 0. The fraction of sp³-hybridized carbons (Fsp3) is 0.0952. The van der Waals surface area contributed by atoms with Crippen molar-refractivity contribution in [2.45, 2.75) is 18.7 Å². The van der Waals surface area contributed by atoms with Crippen molar-refractivity contribution in [1.29, 1.82) is 0 Å². The number of sulfonamides is 1. The van der Waals surface area contributed by atoms with Gasteiger partial charge in [0.1, 0.15) is 5.71 Å². The van der Waals surface area contributed by atoms with Gasteiger partial charge in [-0.25, -0.2) is 4.99 Å². The summed E-state index contributed by atoms with van der Waals surface area (Å²) in [4.78, 5) is 16.6. The van der Waals surface area contributed by atoms with E-state index in [1.807, 2.05) is 0 Å². The van der Waals surface area contributed by atoms with E-state index in [0.29, 0.717) is 5.56 Å². The van der Waals surface area contributed by atoms with Gasteiger partial charge < -0.3 is 0 Å². The molecule has 0 aromatic heterocycles. The predicted molar refractivity (Wildman–Crippen MR) is 124 cm³/mol. The zero-order valence-electron chi connectivity index (χ0n) is 15.9. The van der Waals surface area contributed by atoms with Gasteiger partial charge in [0.25, 0.3) is 10.0 Å². The highest BCUT2D eigenvalue weighted by molar-refractivity contribution is 9.10. The Hall–Kier alpha value is -2.06. The van der Waals surface area contributed by atoms with Crippen LogP contribution >= 0.6 is 39.1 Å². The van der Waals surface area contributed by atoms with Crippen molar-refractivity contribution in [1.82, 2.24) is 0 Å². The molecule has 3 rings (SSSR count). The summed E-state index contributed by atoms with van der Waals surface area (Å²) in [5, 5.41) is 0.112. The van der Waals surface area contributed by atoms with Crippen molar-refractivity contribution in [2.75, 3.05) is 0 Å². The lowest BCUT2D eigenvalue weighted by Crippen LogP contribution is -2.19. The molecule has 0 N–H and O–H groups in total. The molecule has 2 aromatic carbocycles. The van der Waals surface area contributed by atoms with Crippen LogP contribution in [-0.2, 0) is 14.8 Å². The Labute approximate surface area is 193 Å². The third kappa shape index (κ3) is 4.64. The second-order valence-corrected chi connectivity index (χ2v) is 9.65. The monoisotopic (exact) mass is 524 g/mol. The molecule has 0 aliphatic heterocycles. The number of halogens is 3. The Balaban J connectivity index is 2.23. The van der Waals surface area contributed by atoms with Crippen LogP contribution in [0.5, 0.6) is 0 Å². The summed E-state index contributed by atoms with van der Waals surface area (Å²) in [6.07, 6.45) is 0. The number of aliphatic imine (C=N–C) groups is 1. The number of rotatable bonds is 3. The van der Waals surface area contributed by atoms with Crippen LogP contribution in [0.15, 0.2) is 94.6 Å². The Kier molecular flexibility index (Phi) is 6.77. The molecule has 0 saturated heterocycles. The highest BCUT2D eigenvalue weighted by atomic mass is 79.9. The highest BCUT2D eigenvalue weighted by Crippen LogP contribution is 2.30. The molecular formula is C21H15BrCl2N2O3S. The molecular weight excluding hydrogens is 511 g/mol. The molecule has 0 saturated carbocycles. The minimum absolute atomic E-state index is 0.00814. The molecule has 0 radical (unpaired) electrons. The largest absolute Gasteiger partial charge is 0.289 e. The first-order valence-electron chi connectivity index (χ1n) is 8.64. The van der Waals surface area contributed by atoms with E-state index in [0.717, 1.165) is 4.47 Å². The molecule has 0 unspecified atom stereocenters. The van der Waals surface area contributed by atoms with Crippen LogP contribution in [0.2, 0.25) is 0 Å². The summed E-state index contributed by atoms with van der Waals surface area (Å²) in [7, 11) is -4.07. The van der Waals surface area contributed by atoms with Gasteiger partial charge in [-0.3, -0.25) is 4.79 Å². The van der Waals surface area contributed by atoms with Gasteiger partial charge in [-0.1, -0.05) is 69.5 Å². The second-order valence-electron chi connectivity index (χ2n) is 6.38. The van der Waals surface area contributed by atoms with Gasteiger partial charge in [0, 0.05) is 21.2 Å². The van der Waals surface area contributed by atoms with Gasteiger partial charge in [0.05, 0.1) is 15.0 Å². The Morgan fingerprint density at radius 1 is 0.900 bits per heavy atom. The minimum Gasteiger partial charge on any atom is -0.289 e. The average molecular weight is 526 g/mol. The van der Waals surface area contributed by atoms with E-state index in [9.17, 15) is 13.2 Å². The van der Waals surface area contributed by atoms with Crippen LogP contribution in [-0.4, -0.2) is 25.7 Å². The van der Waals surface area contributed by atoms with Gasteiger partial charge in [-0.2, -0.15) is 8.42 Å². The van der Waals surface area contributed by atoms with Crippen LogP contribution in [0.1, 0.15) is 19.4 Å². The van der Waals surface area contributed by atoms with Gasteiger partial charge in [0.2, 0.25) is 0 Å². The van der Waals surface area contributed by atoms with Crippen molar-refractivity contribution in [3.05, 3.63) is 85.8 Å². The molecule has 154 valence electrons. The maximum Gasteiger partial charge on any atom is 0.284 e. The Bertz CT molecular complexity index is 1220. The normalized spacial score (nSPS) is 15.7. The Morgan fingerprint density at radius 3 is 1.97 bits per heavy atom. The molecule has 0 amide bonds. The molecule has 9 heteroatoms. The number of benzene rings is 2. The highest BCUT2D eigenvalue weighted by Gasteiger charge is 2.28. The zero-order valence-corrected chi connectivity index (χ0v) is 19.8. The molecule has 0 bridgehead atoms. The minimum atomic E-state index is -4.07. The van der Waals surface area contributed by atoms with Gasteiger partial charge in [-0.15, -0.1) is 4.40 Å². The quantitative estimate of drug-likeness (QED) is 0.296. The van der Waals surface area contributed by atoms with E-state index in [1.165, 1.54) is 12.1 Å². The van der Waals surface area contributed by atoms with Crippen molar-refractivity contribution in [3.8, 4) is 0 Å². The first-order chi connectivity index (χ1) is 14.1. The summed E-state index contributed by atoms with van der Waals surface area (Å²) < 4.78 is 30.5. The first-order valence-corrected chi connectivity index (χ1v) is 11.6. The van der Waals surface area contributed by atoms with Crippen molar-refractivity contribution in [2.24, 2.45) is 9.39 Å². The lowest BCUT2D eigenvalue weighted by atomic mass is 9.97. The lowest BCUT2D eigenvalue weighted by Gasteiger charge is -2.16. The molecule has 30 heavy (non-hydrogen) atoms. The SMILES string of the molecule is CC1=C(Cl)C(=NC(=NS(=O)(=O)c2ccc(Br)cc2)c2ccccc2)C(Cl)=C(C)C1=O. The van der Waals surface area contributed by atoms with Crippen LogP contribution in [0.4, 0.5) is 0 Å². The fourth-order valence-corrected chi connectivity index (χ4v) is 4.35. The summed E-state index contributed by atoms with van der Waals surface area (Å²) in [5.41, 5.74) is 1.11. The van der Waals surface area contributed by atoms with Crippen molar-refractivity contribution < 1.29 is 13.2 Å². The summed E-state index contributed by atoms with van der Waals surface area (Å²) >= 11 is 15.9. The number of amidine groups is 1. The molecule has 0 spiro atoms. The third-order valence-corrected chi connectivity index (χ3v) is 7.06. The fourth-order valence-electron chi connectivity index (χ4n) is 2.63. The topological polar surface area (TPSA) is 75.9 Å². The number of carbonyl (C=O) groups excluding carboxylic acids is 1. The molecule has 1 aliphatic rings. The van der Waals surface area contributed by atoms with Crippen LogP contribution in [0.25, 0.3) is 0 Å². The predicted octanol–water partition coefficient (Wildman–Crippen LogP) is 5.63. The number of hydrogen-bond acceptors (Lipinski definition) is 3. The standard InChI is InChI=1S/C21H15BrCl2N2O3S/c1-12-17(23)19(18(24)13(2)20(12)27)25-21(14-6-4-3-5-7-14)26-30(28,29)16-10-8-15(22)9-11-16/h3-11H,1-2H3. The van der Waals surface area contributed by atoms with Crippen LogP contribution in [0.3, 0.4) is 0 Å². The van der Waals surface area contributed by atoms with E-state index in [2.05, 4.69) is 25.3 Å². The molecule has 0 heterocycles. The van der Waals surface area contributed by atoms with Gasteiger partial charge in [-0.05, 0) is 38.1 Å². The molecule has 1 aliphatic carbocycles. The number of allylic oxidation sites excluding steroid dienone is 4. The van der Waals surface area contributed by atoms with E-state index in [-0.39, 0.29) is 43.4 Å². The first kappa shape index (κ1) is 22.6. The maximum atomic E-state index is 12.9. The van der Waals surface area contributed by atoms with E-state index in [1.54, 1.807) is 56.3 Å². The number of Topliss-reactive ketones (excluding diaryl/α,β-unsaturated/α-hetero) is 1.